The first kappa shape index (κ1) is 25.4. The Kier molecular flexibility index (Phi) is 6.19. The van der Waals surface area contributed by atoms with Gasteiger partial charge in [0.2, 0.25) is 0 Å². The second-order valence-electron chi connectivity index (χ2n) is 11.5. The molecule has 1 aromatic heterocycles. The van der Waals surface area contributed by atoms with Crippen LogP contribution >= 0.6 is 0 Å². The van der Waals surface area contributed by atoms with Crippen molar-refractivity contribution >= 4 is 43.5 Å². The first-order chi connectivity index (χ1) is 21.2. The summed E-state index contributed by atoms with van der Waals surface area (Å²) in [5.74, 6) is 1.18. The Hall–Kier alpha value is -5.34. The Bertz CT molecular complexity index is 2120. The van der Waals surface area contributed by atoms with Crippen LogP contribution in [0.1, 0.15) is 24.6 Å². The molecule has 7 aromatic rings. The highest BCUT2D eigenvalue weighted by Gasteiger charge is 2.20. The van der Waals surface area contributed by atoms with Crippen LogP contribution < -0.4 is 0 Å². The van der Waals surface area contributed by atoms with Gasteiger partial charge in [-0.1, -0.05) is 140 Å². The van der Waals surface area contributed by atoms with Crippen LogP contribution in [0.3, 0.4) is 0 Å². The smallest absolute Gasteiger partial charge is 0.160 e. The van der Waals surface area contributed by atoms with E-state index in [0.29, 0.717) is 5.92 Å². The molecule has 0 saturated carbocycles. The van der Waals surface area contributed by atoms with Gasteiger partial charge in [0.15, 0.2) is 5.82 Å². The predicted octanol–water partition coefficient (Wildman–Crippen LogP) is 10.8. The molecule has 43 heavy (non-hydrogen) atoms. The predicted molar refractivity (Wildman–Crippen MR) is 182 cm³/mol. The molecule has 1 unspecified atom stereocenters. The quantitative estimate of drug-likeness (QED) is 0.204. The molecule has 1 aliphatic carbocycles. The number of benzene rings is 6. The molecule has 6 aromatic carbocycles. The molecule has 0 bridgehead atoms. The third-order valence-electron chi connectivity index (χ3n) is 8.64. The summed E-state index contributed by atoms with van der Waals surface area (Å²) in [6.07, 6.45) is 5.54. The minimum absolute atomic E-state index is 0.437. The second kappa shape index (κ2) is 10.5. The minimum Gasteiger partial charge on any atom is -0.228 e. The summed E-state index contributed by atoms with van der Waals surface area (Å²) in [7, 11) is 0. The van der Waals surface area contributed by atoms with Crippen LogP contribution in [0.25, 0.3) is 66.1 Å². The first-order valence-electron chi connectivity index (χ1n) is 15.0. The molecule has 2 nitrogen and oxygen atoms in total. The number of aromatic nitrogens is 2. The van der Waals surface area contributed by atoms with E-state index >= 15 is 0 Å². The van der Waals surface area contributed by atoms with E-state index in [9.17, 15) is 0 Å². The summed E-state index contributed by atoms with van der Waals surface area (Å²) < 4.78 is 0. The van der Waals surface area contributed by atoms with Crippen molar-refractivity contribution in [3.63, 3.8) is 0 Å². The summed E-state index contributed by atoms with van der Waals surface area (Å²) >= 11 is 0. The molecular weight excluding hydrogens is 520 g/mol. The highest BCUT2D eigenvalue weighted by atomic mass is 14.9. The Morgan fingerprint density at radius 3 is 1.67 bits per heavy atom. The fourth-order valence-electron chi connectivity index (χ4n) is 6.53. The number of nitrogens with zero attached hydrogens (tertiary/aromatic N) is 2. The van der Waals surface area contributed by atoms with E-state index in [-0.39, 0.29) is 0 Å². The zero-order valence-electron chi connectivity index (χ0n) is 24.0. The molecule has 1 atom stereocenters. The van der Waals surface area contributed by atoms with Crippen molar-refractivity contribution in [1.82, 2.24) is 9.97 Å². The summed E-state index contributed by atoms with van der Waals surface area (Å²) in [6, 6.07) is 47.4. The third-order valence-corrected chi connectivity index (χ3v) is 8.64. The van der Waals surface area contributed by atoms with Gasteiger partial charge in [-0.3, -0.25) is 0 Å². The van der Waals surface area contributed by atoms with E-state index in [1.54, 1.807) is 0 Å². The normalized spacial score (nSPS) is 15.0. The molecule has 2 heteroatoms. The van der Waals surface area contributed by atoms with E-state index in [4.69, 9.17) is 9.97 Å². The van der Waals surface area contributed by atoms with E-state index in [0.717, 1.165) is 34.8 Å². The molecule has 1 heterocycles. The largest absolute Gasteiger partial charge is 0.228 e. The highest BCUT2D eigenvalue weighted by Crippen LogP contribution is 2.41. The van der Waals surface area contributed by atoms with E-state index in [1.807, 2.05) is 24.3 Å². The average molecular weight is 551 g/mol. The van der Waals surface area contributed by atoms with Crippen LogP contribution in [0.5, 0.6) is 0 Å². The van der Waals surface area contributed by atoms with Crippen LogP contribution in [0, 0.1) is 5.92 Å². The zero-order valence-corrected chi connectivity index (χ0v) is 24.0. The highest BCUT2D eigenvalue weighted by molar-refractivity contribution is 6.25. The lowest BCUT2D eigenvalue weighted by Crippen LogP contribution is -2.05. The molecule has 0 radical (unpaired) electrons. The molecule has 0 amide bonds. The monoisotopic (exact) mass is 550 g/mol. The van der Waals surface area contributed by atoms with Crippen molar-refractivity contribution in [3.8, 4) is 22.6 Å². The van der Waals surface area contributed by atoms with Gasteiger partial charge in [0, 0.05) is 16.7 Å². The SMILES string of the molecule is CC1C=CC(c2cc(-c3ccccc3)nc(-c3ccccc3)n2)=C(c2ccc3c4ccccc4c4ccccc4c3c2)C1. The van der Waals surface area contributed by atoms with Crippen molar-refractivity contribution < 1.29 is 0 Å². The number of rotatable bonds is 4. The molecule has 0 N–H and O–H groups in total. The summed E-state index contributed by atoms with van der Waals surface area (Å²) in [4.78, 5) is 10.2. The van der Waals surface area contributed by atoms with E-state index in [1.165, 1.54) is 49.0 Å². The van der Waals surface area contributed by atoms with Crippen molar-refractivity contribution in [2.24, 2.45) is 5.92 Å². The van der Waals surface area contributed by atoms with Crippen molar-refractivity contribution in [1.29, 1.82) is 0 Å². The average Bonchev–Trinajstić information content (AvgIpc) is 3.09. The Labute approximate surface area is 251 Å². The third kappa shape index (κ3) is 4.52. The van der Waals surface area contributed by atoms with Gasteiger partial charge >= 0.3 is 0 Å². The van der Waals surface area contributed by atoms with Crippen molar-refractivity contribution in [2.45, 2.75) is 13.3 Å². The lowest BCUT2D eigenvalue weighted by Gasteiger charge is -2.22. The fraction of sp³-hybridized carbons (Fsp3) is 0.0732. The Balaban J connectivity index is 1.38. The lowest BCUT2D eigenvalue weighted by molar-refractivity contribution is 0.750. The van der Waals surface area contributed by atoms with Gasteiger partial charge in [0.05, 0.1) is 11.4 Å². The van der Waals surface area contributed by atoms with Gasteiger partial charge in [0.1, 0.15) is 0 Å². The Morgan fingerprint density at radius 1 is 0.488 bits per heavy atom. The van der Waals surface area contributed by atoms with Gasteiger partial charge in [0.25, 0.3) is 0 Å². The minimum atomic E-state index is 0.437. The van der Waals surface area contributed by atoms with Crippen molar-refractivity contribution in [3.05, 3.63) is 157 Å². The number of fused-ring (bicyclic) bond motifs is 6. The maximum absolute atomic E-state index is 5.19. The van der Waals surface area contributed by atoms with Crippen LogP contribution in [-0.4, -0.2) is 9.97 Å². The van der Waals surface area contributed by atoms with Crippen LogP contribution in [0.2, 0.25) is 0 Å². The van der Waals surface area contributed by atoms with Crippen LogP contribution in [0.15, 0.2) is 146 Å². The lowest BCUT2D eigenvalue weighted by atomic mass is 9.83. The first-order valence-corrected chi connectivity index (χ1v) is 15.0. The summed E-state index contributed by atoms with van der Waals surface area (Å²) in [6.45, 7) is 2.29. The maximum Gasteiger partial charge on any atom is 0.160 e. The number of hydrogen-bond donors (Lipinski definition) is 0. The molecule has 8 rings (SSSR count). The summed E-state index contributed by atoms with van der Waals surface area (Å²) in [5, 5.41) is 7.77. The van der Waals surface area contributed by atoms with Gasteiger partial charge in [-0.05, 0) is 67.9 Å². The van der Waals surface area contributed by atoms with Gasteiger partial charge in [-0.2, -0.15) is 0 Å². The summed E-state index contributed by atoms with van der Waals surface area (Å²) in [5.41, 5.74) is 7.72. The standard InChI is InChI=1S/C41H30N2/c1-27-20-22-36(40-26-39(28-12-4-2-5-13-28)42-41(43-40)29-14-6-3-7-15-29)37(24-27)30-21-23-35-33-18-9-8-16-31(33)32-17-10-11-19-34(32)38(35)25-30/h2-23,25-27H,24H2,1H3. The molecule has 1 aliphatic rings. The van der Waals surface area contributed by atoms with Gasteiger partial charge in [-0.15, -0.1) is 0 Å². The fourth-order valence-corrected chi connectivity index (χ4v) is 6.53. The topological polar surface area (TPSA) is 25.8 Å². The molecular formula is C41H30N2. The molecule has 204 valence electrons. The molecule has 0 spiro atoms. The number of allylic oxidation sites excluding steroid dienone is 4. The zero-order chi connectivity index (χ0) is 28.8. The number of hydrogen-bond acceptors (Lipinski definition) is 2. The molecule has 0 aliphatic heterocycles. The molecule has 0 saturated heterocycles. The second-order valence-corrected chi connectivity index (χ2v) is 11.5. The van der Waals surface area contributed by atoms with Crippen LogP contribution in [-0.2, 0) is 0 Å². The van der Waals surface area contributed by atoms with Crippen molar-refractivity contribution in [2.75, 3.05) is 0 Å². The maximum atomic E-state index is 5.19. The van der Waals surface area contributed by atoms with E-state index in [2.05, 4.69) is 128 Å². The Morgan fingerprint density at radius 2 is 1.02 bits per heavy atom. The van der Waals surface area contributed by atoms with Crippen LogP contribution in [0.4, 0.5) is 0 Å². The van der Waals surface area contributed by atoms with Gasteiger partial charge < -0.3 is 0 Å². The van der Waals surface area contributed by atoms with Gasteiger partial charge in [-0.25, -0.2) is 9.97 Å². The molecule has 0 fully saturated rings. The van der Waals surface area contributed by atoms with E-state index < -0.39 is 0 Å².